The molecule has 3 rings (SSSR count). The Morgan fingerprint density at radius 3 is 2.08 bits per heavy atom. The lowest BCUT2D eigenvalue weighted by molar-refractivity contribution is 0.677. The minimum atomic E-state index is 0. The van der Waals surface area contributed by atoms with Crippen LogP contribution >= 0.6 is 17.0 Å². The third-order valence-electron chi connectivity index (χ3n) is 3.89. The molecule has 0 aromatic heterocycles. The van der Waals surface area contributed by atoms with E-state index in [2.05, 4.69) is 36.6 Å². The average Bonchev–Trinajstić information content (AvgIpc) is 3.05. The second kappa shape index (κ2) is 9.33. The van der Waals surface area contributed by atoms with Crippen LogP contribution < -0.4 is 15.7 Å². The second-order valence-corrected chi connectivity index (χ2v) is 5.74. The fraction of sp³-hybridized carbons (Fsp3) is 0.316. The van der Waals surface area contributed by atoms with Gasteiger partial charge in [-0.3, -0.25) is 5.43 Å². The van der Waals surface area contributed by atoms with Crippen LogP contribution in [0.2, 0.25) is 0 Å². The Bertz CT molecular complexity index is 630. The van der Waals surface area contributed by atoms with E-state index in [1.165, 1.54) is 25.7 Å². The van der Waals surface area contributed by atoms with Crippen LogP contribution in [-0.2, 0) is 0 Å². The van der Waals surface area contributed by atoms with Gasteiger partial charge in [0.05, 0.1) is 11.4 Å². The van der Waals surface area contributed by atoms with Gasteiger partial charge in [-0.15, -0.1) is 22.1 Å². The van der Waals surface area contributed by atoms with Gasteiger partial charge in [-0.1, -0.05) is 62.6 Å². The van der Waals surface area contributed by atoms with Crippen LogP contribution in [0.3, 0.4) is 0 Å². The molecule has 0 saturated heterocycles. The molecular weight excluding hydrogens is 364 g/mol. The first kappa shape index (κ1) is 18.3. The average molecular weight is 389 g/mol. The number of amidine groups is 1. The molecule has 128 valence electrons. The molecule has 0 fully saturated rings. The van der Waals surface area contributed by atoms with Gasteiger partial charge in [-0.25, -0.2) is 0 Å². The lowest BCUT2D eigenvalue weighted by atomic mass is 10.1. The van der Waals surface area contributed by atoms with Gasteiger partial charge in [0.1, 0.15) is 5.84 Å². The molecule has 0 amide bonds. The molecule has 0 unspecified atom stereocenters. The molecule has 0 spiro atoms. The minimum absolute atomic E-state index is 0. The van der Waals surface area contributed by atoms with Gasteiger partial charge in [0, 0.05) is 6.42 Å². The molecule has 1 heterocycles. The van der Waals surface area contributed by atoms with Crippen molar-refractivity contribution in [3.8, 4) is 0 Å². The highest BCUT2D eigenvalue weighted by molar-refractivity contribution is 8.93. The first-order chi connectivity index (χ1) is 11.4. The third-order valence-corrected chi connectivity index (χ3v) is 3.89. The van der Waals surface area contributed by atoms with E-state index in [9.17, 15) is 0 Å². The number of nitrogens with one attached hydrogen (secondary N) is 1. The van der Waals surface area contributed by atoms with Gasteiger partial charge >= 0.3 is 0 Å². The first-order valence-electron chi connectivity index (χ1n) is 8.43. The Labute approximate surface area is 154 Å². The molecule has 1 N–H and O–H groups in total. The van der Waals surface area contributed by atoms with Crippen molar-refractivity contribution in [1.29, 1.82) is 0 Å². The summed E-state index contributed by atoms with van der Waals surface area (Å²) in [6.45, 7) is 2.24. The molecule has 0 radical (unpaired) electrons. The maximum Gasteiger partial charge on any atom is 0.145 e. The largest absolute Gasteiger partial charge is 0.263 e. The predicted molar refractivity (Wildman–Crippen MR) is 107 cm³/mol. The summed E-state index contributed by atoms with van der Waals surface area (Å²) in [7, 11) is 0. The minimum Gasteiger partial charge on any atom is -0.263 e. The van der Waals surface area contributed by atoms with Crippen molar-refractivity contribution in [3.05, 3.63) is 60.7 Å². The standard InChI is InChI=1S/C19H24N4.BrH/c1-2-3-4-11-16-19-20-22(17-12-7-5-8-13-17)23(21-19)18-14-9-6-10-15-18;/h5-10,12-15H,2-4,11,16H2,1H3,(H,20,21);1H. The van der Waals surface area contributed by atoms with Crippen LogP contribution in [0, 0.1) is 0 Å². The van der Waals surface area contributed by atoms with Crippen LogP contribution in [0.1, 0.15) is 39.0 Å². The van der Waals surface area contributed by atoms with Crippen molar-refractivity contribution in [2.45, 2.75) is 39.0 Å². The Morgan fingerprint density at radius 1 is 0.833 bits per heavy atom. The number of unbranched alkanes of at least 4 members (excludes halogenated alkanes) is 3. The Balaban J connectivity index is 0.00000208. The van der Waals surface area contributed by atoms with Crippen molar-refractivity contribution in [2.24, 2.45) is 5.10 Å². The lowest BCUT2D eigenvalue weighted by Crippen LogP contribution is -2.44. The number of anilines is 2. The quantitative estimate of drug-likeness (QED) is 0.653. The van der Waals surface area contributed by atoms with Crippen molar-refractivity contribution in [2.75, 3.05) is 10.2 Å². The van der Waals surface area contributed by atoms with Crippen molar-refractivity contribution in [3.63, 3.8) is 0 Å². The molecular formula is C19H25BrN4. The Hall–Kier alpha value is -2.01. The summed E-state index contributed by atoms with van der Waals surface area (Å²) in [4.78, 5) is 0. The van der Waals surface area contributed by atoms with Gasteiger partial charge in [0.2, 0.25) is 0 Å². The number of hydrogen-bond donors (Lipinski definition) is 1. The van der Waals surface area contributed by atoms with Crippen molar-refractivity contribution in [1.82, 2.24) is 5.43 Å². The fourth-order valence-electron chi connectivity index (χ4n) is 2.65. The lowest BCUT2D eigenvalue weighted by Gasteiger charge is -2.27. The highest BCUT2D eigenvalue weighted by atomic mass is 79.9. The van der Waals surface area contributed by atoms with Crippen LogP contribution in [-0.4, -0.2) is 5.84 Å². The summed E-state index contributed by atoms with van der Waals surface area (Å²) in [5, 5.41) is 8.72. The number of hydrazone groups is 1. The van der Waals surface area contributed by atoms with E-state index in [1.807, 2.05) is 46.6 Å². The highest BCUT2D eigenvalue weighted by Crippen LogP contribution is 2.24. The van der Waals surface area contributed by atoms with E-state index in [0.717, 1.165) is 23.6 Å². The zero-order valence-electron chi connectivity index (χ0n) is 14.1. The summed E-state index contributed by atoms with van der Waals surface area (Å²) in [5.74, 6) is 1.02. The van der Waals surface area contributed by atoms with E-state index in [0.29, 0.717) is 0 Å². The number of halogens is 1. The van der Waals surface area contributed by atoms with Gasteiger partial charge in [-0.2, -0.15) is 10.2 Å². The monoisotopic (exact) mass is 388 g/mol. The summed E-state index contributed by atoms with van der Waals surface area (Å²) in [6, 6.07) is 20.5. The molecule has 1 aliphatic heterocycles. The van der Waals surface area contributed by atoms with Crippen molar-refractivity contribution >= 4 is 34.2 Å². The smallest absolute Gasteiger partial charge is 0.145 e. The molecule has 0 aliphatic carbocycles. The highest BCUT2D eigenvalue weighted by Gasteiger charge is 2.24. The van der Waals surface area contributed by atoms with E-state index in [1.54, 1.807) is 0 Å². The van der Waals surface area contributed by atoms with Crippen LogP contribution in [0.25, 0.3) is 0 Å². The van der Waals surface area contributed by atoms with Gasteiger partial charge in [-0.05, 0) is 30.7 Å². The second-order valence-electron chi connectivity index (χ2n) is 5.74. The topological polar surface area (TPSA) is 30.9 Å². The number of benzene rings is 2. The third kappa shape index (κ3) is 4.51. The molecule has 24 heavy (non-hydrogen) atoms. The number of para-hydroxylation sites is 2. The van der Waals surface area contributed by atoms with Crippen LogP contribution in [0.15, 0.2) is 65.8 Å². The molecule has 0 atom stereocenters. The van der Waals surface area contributed by atoms with Crippen molar-refractivity contribution < 1.29 is 0 Å². The summed E-state index contributed by atoms with van der Waals surface area (Å²) < 4.78 is 0. The Morgan fingerprint density at radius 2 is 1.46 bits per heavy atom. The normalized spacial score (nSPS) is 13.3. The maximum atomic E-state index is 4.78. The number of hydrogen-bond acceptors (Lipinski definition) is 4. The molecule has 2 aromatic carbocycles. The molecule has 4 nitrogen and oxygen atoms in total. The van der Waals surface area contributed by atoms with E-state index >= 15 is 0 Å². The molecule has 5 heteroatoms. The summed E-state index contributed by atoms with van der Waals surface area (Å²) in [6.07, 6.45) is 5.95. The molecule has 1 aliphatic rings. The van der Waals surface area contributed by atoms with Gasteiger partial charge in [0.25, 0.3) is 0 Å². The van der Waals surface area contributed by atoms with Crippen LogP contribution in [0.4, 0.5) is 11.4 Å². The SMILES string of the molecule is Br.CCCCCCC1=NN(c2ccccc2)N(c2ccccc2)N1. The number of nitrogens with zero attached hydrogens (tertiary/aromatic N) is 3. The molecule has 0 bridgehead atoms. The predicted octanol–water partition coefficient (Wildman–Crippen LogP) is 5.29. The van der Waals surface area contributed by atoms with E-state index in [4.69, 9.17) is 5.10 Å². The van der Waals surface area contributed by atoms with Gasteiger partial charge < -0.3 is 0 Å². The molecule has 0 saturated carbocycles. The first-order valence-corrected chi connectivity index (χ1v) is 8.43. The summed E-state index contributed by atoms with van der Waals surface area (Å²) in [5.41, 5.74) is 5.56. The van der Waals surface area contributed by atoms with E-state index in [-0.39, 0.29) is 17.0 Å². The van der Waals surface area contributed by atoms with Gasteiger partial charge in [0.15, 0.2) is 0 Å². The summed E-state index contributed by atoms with van der Waals surface area (Å²) >= 11 is 0. The fourth-order valence-corrected chi connectivity index (χ4v) is 2.65. The van der Waals surface area contributed by atoms with E-state index < -0.39 is 0 Å². The number of hydrazine groups is 2. The zero-order valence-corrected chi connectivity index (χ0v) is 15.8. The Kier molecular flexibility index (Phi) is 7.12. The number of rotatable bonds is 7. The van der Waals surface area contributed by atoms with Crippen LogP contribution in [0.5, 0.6) is 0 Å². The zero-order chi connectivity index (χ0) is 15.9. The molecule has 2 aromatic rings. The maximum absolute atomic E-state index is 4.78.